The standard InChI is InChI=1S/C34H43N3O4S/c1-5-32(34(39)35-29-12-8-6-9-13-29)36(23-28-18-16-25(2)17-19-28)33(38)24-37(30-21-26(3)20-27(4)22-30)42(40,41)31-14-10-7-11-15-31/h7,10-11,14-22,29,32H,5-6,8-9,12-13,23-24H2,1-4H3,(H,35,39)/t32-/m1/s1. The van der Waals surface area contributed by atoms with Gasteiger partial charge in [-0.3, -0.25) is 13.9 Å². The number of nitrogens with zero attached hydrogens (tertiary/aromatic N) is 2. The summed E-state index contributed by atoms with van der Waals surface area (Å²) < 4.78 is 29.2. The highest BCUT2D eigenvalue weighted by molar-refractivity contribution is 7.92. The van der Waals surface area contributed by atoms with Crippen LogP contribution in [0.25, 0.3) is 0 Å². The lowest BCUT2D eigenvalue weighted by Crippen LogP contribution is -2.54. The summed E-state index contributed by atoms with van der Waals surface area (Å²) in [4.78, 5) is 29.6. The zero-order valence-electron chi connectivity index (χ0n) is 25.2. The van der Waals surface area contributed by atoms with Gasteiger partial charge < -0.3 is 10.2 Å². The Hall–Kier alpha value is -3.65. The van der Waals surface area contributed by atoms with E-state index < -0.39 is 28.5 Å². The average Bonchev–Trinajstić information content (AvgIpc) is 2.97. The number of hydrogen-bond acceptors (Lipinski definition) is 4. The number of sulfonamides is 1. The molecule has 1 saturated carbocycles. The SMILES string of the molecule is CC[C@H](C(=O)NC1CCCCC1)N(Cc1ccc(C)cc1)C(=O)CN(c1cc(C)cc(C)c1)S(=O)(=O)c1ccccc1. The highest BCUT2D eigenvalue weighted by Crippen LogP contribution is 2.27. The van der Waals surface area contributed by atoms with Gasteiger partial charge in [0.2, 0.25) is 11.8 Å². The van der Waals surface area contributed by atoms with Gasteiger partial charge >= 0.3 is 0 Å². The topological polar surface area (TPSA) is 86.8 Å². The van der Waals surface area contributed by atoms with Crippen LogP contribution in [-0.4, -0.2) is 43.8 Å². The van der Waals surface area contributed by atoms with E-state index in [0.29, 0.717) is 12.1 Å². The number of rotatable bonds is 11. The van der Waals surface area contributed by atoms with E-state index in [4.69, 9.17) is 0 Å². The highest BCUT2D eigenvalue weighted by atomic mass is 32.2. The predicted octanol–water partition coefficient (Wildman–Crippen LogP) is 6.06. The van der Waals surface area contributed by atoms with E-state index >= 15 is 0 Å². The van der Waals surface area contributed by atoms with Gasteiger partial charge in [-0.05, 0) is 81.0 Å². The number of benzene rings is 3. The Bertz CT molecular complexity index is 1450. The molecule has 0 aliphatic heterocycles. The second-order valence-corrected chi connectivity index (χ2v) is 13.3. The fourth-order valence-electron chi connectivity index (χ4n) is 5.70. The minimum Gasteiger partial charge on any atom is -0.352 e. The van der Waals surface area contributed by atoms with Crippen molar-refractivity contribution in [1.29, 1.82) is 0 Å². The summed E-state index contributed by atoms with van der Waals surface area (Å²) >= 11 is 0. The summed E-state index contributed by atoms with van der Waals surface area (Å²) in [6.45, 7) is 7.45. The van der Waals surface area contributed by atoms with E-state index in [9.17, 15) is 18.0 Å². The summed E-state index contributed by atoms with van der Waals surface area (Å²) in [5.74, 6) is -0.617. The lowest BCUT2D eigenvalue weighted by atomic mass is 9.95. The Labute approximate surface area is 251 Å². The van der Waals surface area contributed by atoms with Crippen LogP contribution in [0.2, 0.25) is 0 Å². The van der Waals surface area contributed by atoms with E-state index in [1.165, 1.54) is 22.9 Å². The van der Waals surface area contributed by atoms with Crippen LogP contribution in [0.1, 0.15) is 67.7 Å². The van der Waals surface area contributed by atoms with Crippen molar-refractivity contribution >= 4 is 27.5 Å². The normalized spacial score (nSPS) is 14.7. The van der Waals surface area contributed by atoms with Crippen molar-refractivity contribution in [2.75, 3.05) is 10.8 Å². The van der Waals surface area contributed by atoms with E-state index in [0.717, 1.165) is 47.9 Å². The van der Waals surface area contributed by atoms with E-state index in [2.05, 4.69) is 5.32 Å². The molecule has 0 unspecified atom stereocenters. The number of aryl methyl sites for hydroxylation is 3. The fourth-order valence-corrected chi connectivity index (χ4v) is 7.12. The zero-order valence-corrected chi connectivity index (χ0v) is 26.0. The molecule has 224 valence electrons. The van der Waals surface area contributed by atoms with Crippen molar-refractivity contribution in [3.63, 3.8) is 0 Å². The molecule has 0 radical (unpaired) electrons. The molecule has 0 spiro atoms. The molecule has 3 aromatic rings. The lowest BCUT2D eigenvalue weighted by Gasteiger charge is -2.34. The molecule has 3 aromatic carbocycles. The number of nitrogens with one attached hydrogen (secondary N) is 1. The Balaban J connectivity index is 1.71. The Kier molecular flexibility index (Phi) is 10.4. The van der Waals surface area contributed by atoms with Gasteiger partial charge in [-0.15, -0.1) is 0 Å². The van der Waals surface area contributed by atoms with Crippen LogP contribution in [0.4, 0.5) is 5.69 Å². The molecule has 4 rings (SSSR count). The van der Waals surface area contributed by atoms with Gasteiger partial charge in [0, 0.05) is 12.6 Å². The van der Waals surface area contributed by atoms with E-state index in [1.807, 2.05) is 58.0 Å². The molecule has 0 heterocycles. The largest absolute Gasteiger partial charge is 0.352 e. The van der Waals surface area contributed by atoms with Gasteiger partial charge in [-0.2, -0.15) is 0 Å². The molecule has 1 N–H and O–H groups in total. The molecular formula is C34H43N3O4S. The van der Waals surface area contributed by atoms with Crippen LogP contribution >= 0.6 is 0 Å². The van der Waals surface area contributed by atoms with Crippen molar-refractivity contribution < 1.29 is 18.0 Å². The first-order valence-electron chi connectivity index (χ1n) is 14.9. The van der Waals surface area contributed by atoms with Crippen LogP contribution in [0.3, 0.4) is 0 Å². The zero-order chi connectivity index (χ0) is 30.3. The molecule has 1 atom stereocenters. The summed E-state index contributed by atoms with van der Waals surface area (Å²) in [7, 11) is -4.08. The first-order valence-corrected chi connectivity index (χ1v) is 16.3. The molecule has 0 saturated heterocycles. The number of hydrogen-bond donors (Lipinski definition) is 1. The van der Waals surface area contributed by atoms with E-state index in [-0.39, 0.29) is 23.4 Å². The second kappa shape index (κ2) is 14.0. The summed E-state index contributed by atoms with van der Waals surface area (Å²) in [5.41, 5.74) is 4.16. The molecule has 0 aromatic heterocycles. The third-order valence-corrected chi connectivity index (χ3v) is 9.70. The third kappa shape index (κ3) is 7.79. The maximum atomic E-state index is 14.3. The Morgan fingerprint density at radius 3 is 2.07 bits per heavy atom. The monoisotopic (exact) mass is 589 g/mol. The number of carbonyl (C=O) groups is 2. The van der Waals surface area contributed by atoms with Crippen molar-refractivity contribution in [3.8, 4) is 0 Å². The number of anilines is 1. The molecule has 7 nitrogen and oxygen atoms in total. The number of amides is 2. The van der Waals surface area contributed by atoms with Crippen molar-refractivity contribution in [2.24, 2.45) is 0 Å². The summed E-state index contributed by atoms with van der Waals surface area (Å²) in [6.07, 6.45) is 5.61. The van der Waals surface area contributed by atoms with Crippen molar-refractivity contribution in [3.05, 3.63) is 95.1 Å². The molecule has 0 bridgehead atoms. The quantitative estimate of drug-likeness (QED) is 0.294. The molecule has 1 aliphatic carbocycles. The third-order valence-electron chi connectivity index (χ3n) is 7.92. The van der Waals surface area contributed by atoms with Gasteiger partial charge in [0.15, 0.2) is 0 Å². The number of carbonyl (C=O) groups excluding carboxylic acids is 2. The molecular weight excluding hydrogens is 546 g/mol. The minimum atomic E-state index is -4.08. The maximum Gasteiger partial charge on any atom is 0.264 e. The van der Waals surface area contributed by atoms with Gasteiger partial charge in [0.1, 0.15) is 12.6 Å². The summed E-state index contributed by atoms with van der Waals surface area (Å²) in [5, 5.41) is 3.19. The maximum absolute atomic E-state index is 14.3. The average molecular weight is 590 g/mol. The van der Waals surface area contributed by atoms with Gasteiger partial charge in [0.25, 0.3) is 10.0 Å². The van der Waals surface area contributed by atoms with Crippen LogP contribution in [0.15, 0.2) is 77.7 Å². The molecule has 2 amide bonds. The molecule has 42 heavy (non-hydrogen) atoms. The molecule has 1 aliphatic rings. The van der Waals surface area contributed by atoms with Crippen LogP contribution in [-0.2, 0) is 26.2 Å². The van der Waals surface area contributed by atoms with Crippen LogP contribution in [0, 0.1) is 20.8 Å². The van der Waals surface area contributed by atoms with E-state index in [1.54, 1.807) is 35.2 Å². The highest BCUT2D eigenvalue weighted by Gasteiger charge is 2.34. The predicted molar refractivity (Wildman–Crippen MR) is 168 cm³/mol. The van der Waals surface area contributed by atoms with Crippen LogP contribution in [0.5, 0.6) is 0 Å². The smallest absolute Gasteiger partial charge is 0.264 e. The second-order valence-electron chi connectivity index (χ2n) is 11.4. The van der Waals surface area contributed by atoms with Crippen molar-refractivity contribution in [1.82, 2.24) is 10.2 Å². The Morgan fingerprint density at radius 1 is 0.857 bits per heavy atom. The molecule has 1 fully saturated rings. The van der Waals surface area contributed by atoms with Crippen molar-refractivity contribution in [2.45, 2.75) is 89.7 Å². The molecule has 8 heteroatoms. The minimum absolute atomic E-state index is 0.0989. The first kappa shape index (κ1) is 31.3. The van der Waals surface area contributed by atoms with Gasteiger partial charge in [0.05, 0.1) is 10.6 Å². The van der Waals surface area contributed by atoms with Gasteiger partial charge in [-0.25, -0.2) is 8.42 Å². The lowest BCUT2D eigenvalue weighted by molar-refractivity contribution is -0.140. The summed E-state index contributed by atoms with van der Waals surface area (Å²) in [6, 6.07) is 20.9. The van der Waals surface area contributed by atoms with Gasteiger partial charge in [-0.1, -0.05) is 80.3 Å². The van der Waals surface area contributed by atoms with Crippen LogP contribution < -0.4 is 9.62 Å². The fraction of sp³-hybridized carbons (Fsp3) is 0.412. The first-order chi connectivity index (χ1) is 20.1. The Morgan fingerprint density at radius 2 is 1.48 bits per heavy atom.